The summed E-state index contributed by atoms with van der Waals surface area (Å²) in [4.78, 5) is 37.9. The molecule has 0 atom stereocenters. The second kappa shape index (κ2) is 67.2. The quantitative estimate of drug-likeness (QED) is 0.169. The Morgan fingerprint density at radius 3 is 0.521 bits per heavy atom. The van der Waals surface area contributed by atoms with E-state index < -0.39 is 29.9 Å². The monoisotopic (exact) mass is 1180 g/mol. The summed E-state index contributed by atoms with van der Waals surface area (Å²) in [7, 11) is 0. The summed E-state index contributed by atoms with van der Waals surface area (Å²) in [5.41, 5.74) is -0.599. The molecule has 0 fully saturated rings. The standard InChI is InChI=1S/C90H6O6/c1-4-7-10-13-16-19-22-25-28-31-34-37-40-43-46-49-52-55-58-61-64-67-70-73-76-79-82-94-88(91)85-87(90(93)96-84-81-78-75-72-69-66-63-60-57-54-51-48-45-42-39-36-33-30-27-24-21-18-15-12-9-6-3)86-89(92)95-83-80-77-74-71-68-65-62-59-56-53-50-47-44-41-38-35-32-29-26-23-20-17-14-11-8-5-2/h1-3,85H,86H2/b87-85+. The molecule has 0 spiro atoms. The molecule has 0 saturated carbocycles. The summed E-state index contributed by atoms with van der Waals surface area (Å²) in [5.74, 6) is 184. The largest absolute Gasteiger partial charge is 0.371 e. The lowest BCUT2D eigenvalue weighted by molar-refractivity contribution is -0.139. The Bertz CT molecular complexity index is 6320. The lowest BCUT2D eigenvalue weighted by atomic mass is 10.2. The molecule has 0 aromatic heterocycles. The zero-order chi connectivity index (χ0) is 69.1. The van der Waals surface area contributed by atoms with Crippen molar-refractivity contribution < 1.29 is 28.6 Å². The minimum Gasteiger partial charge on any atom is -0.371 e. The first-order valence-electron chi connectivity index (χ1n) is 23.7. The van der Waals surface area contributed by atoms with Gasteiger partial charge < -0.3 is 14.2 Å². The zero-order valence-electron chi connectivity index (χ0n) is 48.0. The fourth-order valence-corrected chi connectivity index (χ4v) is 3.18. The molecule has 0 aliphatic rings. The molecule has 0 N–H and O–H groups in total. The molecule has 6 heteroatoms. The fourth-order valence-electron chi connectivity index (χ4n) is 3.18. The van der Waals surface area contributed by atoms with Crippen LogP contribution in [0.25, 0.3) is 0 Å². The number of esters is 3. The predicted molar refractivity (Wildman–Crippen MR) is 361 cm³/mol. The summed E-state index contributed by atoms with van der Waals surface area (Å²) in [6, 6.07) is 0. The van der Waals surface area contributed by atoms with Crippen LogP contribution in [-0.2, 0) is 28.6 Å². The van der Waals surface area contributed by atoms with Crippen molar-refractivity contribution in [2.45, 2.75) is 6.42 Å². The molecule has 0 aromatic carbocycles. The first-order chi connectivity index (χ1) is 47.5. The minimum atomic E-state index is -1.28. The van der Waals surface area contributed by atoms with Crippen molar-refractivity contribution >= 4 is 17.9 Å². The van der Waals surface area contributed by atoms with Crippen LogP contribution < -0.4 is 0 Å². The normalized spacial score (nSPS) is 4.95. The van der Waals surface area contributed by atoms with Crippen molar-refractivity contribution in [1.82, 2.24) is 0 Å². The summed E-state index contributed by atoms with van der Waals surface area (Å²) >= 11 is 0. The van der Waals surface area contributed by atoms with Gasteiger partial charge in [-0.05, 0) is 142 Å². The van der Waals surface area contributed by atoms with E-state index in [1.54, 1.807) is 0 Å². The summed E-state index contributed by atoms with van der Waals surface area (Å²) in [5, 5.41) is 0. The van der Waals surface area contributed by atoms with Crippen molar-refractivity contribution in [3.05, 3.63) is 11.6 Å². The van der Waals surface area contributed by atoms with Gasteiger partial charge in [0.1, 0.15) is 18.3 Å². The molecule has 0 bridgehead atoms. The van der Waals surface area contributed by atoms with Crippen LogP contribution in [0.15, 0.2) is 11.6 Å². The maximum absolute atomic E-state index is 12.8. The Kier molecular flexibility index (Phi) is 53.0. The molecule has 0 amide bonds. The van der Waals surface area contributed by atoms with E-state index in [-0.39, 0.29) is 0 Å². The maximum atomic E-state index is 12.8. The van der Waals surface area contributed by atoms with Crippen molar-refractivity contribution in [3.8, 4) is 499 Å². The van der Waals surface area contributed by atoms with Gasteiger partial charge in [0.2, 0.25) is 0 Å². The number of rotatable bonds is 4. The second-order valence-corrected chi connectivity index (χ2v) is 12.2. The molecule has 402 valence electrons. The fraction of sp³-hybridized carbons (Fsp3) is 0.0111. The molecule has 0 aliphatic heterocycles. The molecule has 0 aromatic rings. The highest BCUT2D eigenvalue weighted by Crippen LogP contribution is 2.07. The molecule has 0 rings (SSSR count). The van der Waals surface area contributed by atoms with E-state index in [4.69, 9.17) is 33.5 Å². The highest BCUT2D eigenvalue weighted by atomic mass is 16.5. The average molecular weight is 1180 g/mol. The van der Waals surface area contributed by atoms with Gasteiger partial charge >= 0.3 is 17.9 Å². The van der Waals surface area contributed by atoms with Crippen molar-refractivity contribution in [1.29, 1.82) is 0 Å². The summed E-state index contributed by atoms with van der Waals surface area (Å²) < 4.78 is 14.3. The highest BCUT2D eigenvalue weighted by molar-refractivity contribution is 6.00. The van der Waals surface area contributed by atoms with E-state index in [1.165, 1.54) is 0 Å². The van der Waals surface area contributed by atoms with Gasteiger partial charge in [-0.1, -0.05) is 0 Å². The average Bonchev–Trinajstić information content (AvgIpc) is 2.19. The predicted octanol–water partition coefficient (Wildman–Crippen LogP) is -0.163. The number of carbonyl (C=O) groups excluding carboxylic acids is 3. The molecule has 0 aliphatic carbocycles. The van der Waals surface area contributed by atoms with E-state index in [2.05, 4.69) is 462 Å². The van der Waals surface area contributed by atoms with Crippen LogP contribution in [0.2, 0.25) is 0 Å². The molecule has 0 saturated heterocycles. The van der Waals surface area contributed by atoms with Crippen LogP contribution in [0.4, 0.5) is 0 Å². The van der Waals surface area contributed by atoms with Gasteiger partial charge in [0.05, 0.1) is 12.0 Å². The number of hydrogen-bond donors (Lipinski definition) is 0. The van der Waals surface area contributed by atoms with Gasteiger partial charge in [-0.2, -0.15) is 0 Å². The van der Waals surface area contributed by atoms with Gasteiger partial charge in [0, 0.05) is 326 Å². The second-order valence-electron chi connectivity index (χ2n) is 12.2. The Hall–Kier alpha value is -20.3. The first-order valence-corrected chi connectivity index (χ1v) is 23.7. The number of hydrogen-bond acceptors (Lipinski definition) is 6. The molecule has 0 unspecified atom stereocenters. The first kappa shape index (κ1) is 75.7. The van der Waals surface area contributed by atoms with Crippen LogP contribution >= 0.6 is 0 Å². The van der Waals surface area contributed by atoms with Crippen LogP contribution in [0, 0.1) is 499 Å². The molecule has 0 radical (unpaired) electrons. The van der Waals surface area contributed by atoms with Crippen molar-refractivity contribution in [3.63, 3.8) is 0 Å². The smallest absolute Gasteiger partial charge is 0.348 e. The van der Waals surface area contributed by atoms with E-state index >= 15 is 0 Å². The van der Waals surface area contributed by atoms with Crippen LogP contribution in [-0.4, -0.2) is 17.9 Å². The third-order valence-corrected chi connectivity index (χ3v) is 6.22. The highest BCUT2D eigenvalue weighted by Gasteiger charge is 2.18. The topological polar surface area (TPSA) is 78.9 Å². The summed E-state index contributed by atoms with van der Waals surface area (Å²) in [6.45, 7) is 0. The SMILES string of the molecule is C#CC#CC#CC#CC#CC#CC#CC#CC#CC#CC#CC#CC#CC#COC(=O)/C=C(\CC(=O)OC#CC#CC#CC#CC#CC#CC#CC#CC#CC#CC#CC#CC#CC#C)C(=O)OC#CC#CC#CC#CC#CC#CC#CC#CC#CC#CC#CC#CC#CC#C. The Labute approximate surface area is 560 Å². The van der Waals surface area contributed by atoms with E-state index in [1.807, 2.05) is 18.3 Å². The van der Waals surface area contributed by atoms with Gasteiger partial charge in [-0.25, -0.2) is 9.59 Å². The van der Waals surface area contributed by atoms with Crippen LogP contribution in [0.3, 0.4) is 0 Å². The lowest BCUT2D eigenvalue weighted by Gasteiger charge is -2.01. The zero-order valence-corrected chi connectivity index (χ0v) is 48.0. The number of carbonyl (C=O) groups is 3. The lowest BCUT2D eigenvalue weighted by Crippen LogP contribution is -2.13. The van der Waals surface area contributed by atoms with Crippen LogP contribution in [0.5, 0.6) is 0 Å². The van der Waals surface area contributed by atoms with Crippen LogP contribution in [0.1, 0.15) is 6.42 Å². The van der Waals surface area contributed by atoms with Crippen molar-refractivity contribution in [2.75, 3.05) is 0 Å². The number of terminal acetylenes is 3. The Balaban J connectivity index is 5.90. The molecule has 6 nitrogen and oxygen atoms in total. The maximum Gasteiger partial charge on any atom is 0.348 e. The van der Waals surface area contributed by atoms with E-state index in [0.717, 1.165) is 0 Å². The molecular weight excluding hydrogens is 1180 g/mol. The minimum absolute atomic E-state index is 0.590. The van der Waals surface area contributed by atoms with E-state index in [9.17, 15) is 14.4 Å². The molecular formula is C90H6O6. The van der Waals surface area contributed by atoms with Gasteiger partial charge in [0.15, 0.2) is 0 Å². The molecule has 0 heterocycles. The third-order valence-electron chi connectivity index (χ3n) is 6.22. The Morgan fingerprint density at radius 2 is 0.344 bits per heavy atom. The number of ether oxygens (including phenoxy) is 3. The van der Waals surface area contributed by atoms with Gasteiger partial charge in [-0.3, -0.25) is 4.79 Å². The third kappa shape index (κ3) is 62.9. The van der Waals surface area contributed by atoms with Gasteiger partial charge in [-0.15, -0.1) is 19.3 Å². The van der Waals surface area contributed by atoms with Crippen molar-refractivity contribution in [2.24, 2.45) is 0 Å². The van der Waals surface area contributed by atoms with Gasteiger partial charge in [0.25, 0.3) is 0 Å². The summed E-state index contributed by atoms with van der Waals surface area (Å²) in [6.07, 6.45) is 20.6. The molecule has 96 heavy (non-hydrogen) atoms. The Morgan fingerprint density at radius 1 is 0.198 bits per heavy atom. The van der Waals surface area contributed by atoms with E-state index in [0.29, 0.717) is 6.08 Å².